The van der Waals surface area contributed by atoms with Crippen molar-refractivity contribution in [2.75, 3.05) is 5.32 Å². The molecular formula is C18H11BrN2O4. The molecule has 0 spiro atoms. The first-order chi connectivity index (χ1) is 12.1. The number of phenolic OH excluding ortho intramolecular Hbond substituents is 1. The monoisotopic (exact) mass is 398 g/mol. The third-order valence-corrected chi connectivity index (χ3v) is 4.22. The zero-order valence-electron chi connectivity index (χ0n) is 12.7. The van der Waals surface area contributed by atoms with E-state index in [1.807, 2.05) is 0 Å². The largest absolute Gasteiger partial charge is 0.507 e. The number of hydrogen-bond donors (Lipinski definition) is 2. The molecule has 25 heavy (non-hydrogen) atoms. The number of halogens is 1. The van der Waals surface area contributed by atoms with Crippen molar-refractivity contribution in [2.24, 2.45) is 0 Å². The summed E-state index contributed by atoms with van der Waals surface area (Å²) in [6, 6.07) is 13.4. The van der Waals surface area contributed by atoms with E-state index in [9.17, 15) is 9.90 Å². The summed E-state index contributed by atoms with van der Waals surface area (Å²) in [6.07, 6.45) is 1.44. The van der Waals surface area contributed by atoms with Crippen LogP contribution in [-0.2, 0) is 0 Å². The number of nitrogens with zero attached hydrogens (tertiary/aromatic N) is 1. The van der Waals surface area contributed by atoms with Crippen molar-refractivity contribution in [3.8, 4) is 17.2 Å². The molecule has 0 aliphatic rings. The molecule has 0 radical (unpaired) electrons. The summed E-state index contributed by atoms with van der Waals surface area (Å²) in [5.74, 6) is 0.457. The maximum absolute atomic E-state index is 12.0. The number of anilines is 1. The highest BCUT2D eigenvalue weighted by atomic mass is 79.9. The van der Waals surface area contributed by atoms with Crippen molar-refractivity contribution in [2.45, 2.75) is 0 Å². The number of hydrogen-bond acceptors (Lipinski definition) is 5. The minimum absolute atomic E-state index is 0.141. The quantitative estimate of drug-likeness (QED) is 0.516. The SMILES string of the molecule is O=C(Nc1ccc2oc(-c3ccc(O)c(Br)c3)nc2c1)c1ccco1. The van der Waals surface area contributed by atoms with E-state index in [-0.39, 0.29) is 17.4 Å². The number of benzene rings is 2. The van der Waals surface area contributed by atoms with Crippen molar-refractivity contribution in [1.29, 1.82) is 0 Å². The summed E-state index contributed by atoms with van der Waals surface area (Å²) in [4.78, 5) is 16.5. The van der Waals surface area contributed by atoms with Gasteiger partial charge >= 0.3 is 0 Å². The van der Waals surface area contributed by atoms with Crippen LogP contribution in [0.1, 0.15) is 10.6 Å². The molecule has 6 nitrogen and oxygen atoms in total. The van der Waals surface area contributed by atoms with Crippen LogP contribution in [0.15, 0.2) is 68.1 Å². The van der Waals surface area contributed by atoms with Crippen molar-refractivity contribution >= 4 is 38.6 Å². The van der Waals surface area contributed by atoms with Crippen molar-refractivity contribution < 1.29 is 18.7 Å². The third kappa shape index (κ3) is 3.01. The van der Waals surface area contributed by atoms with Gasteiger partial charge in [0.1, 0.15) is 11.3 Å². The molecule has 4 aromatic rings. The van der Waals surface area contributed by atoms with E-state index in [2.05, 4.69) is 26.2 Å². The molecule has 0 unspecified atom stereocenters. The van der Waals surface area contributed by atoms with Gasteiger partial charge in [-0.15, -0.1) is 0 Å². The number of nitrogens with one attached hydrogen (secondary N) is 1. The number of phenols is 1. The van der Waals surface area contributed by atoms with Gasteiger partial charge in [0.2, 0.25) is 5.89 Å². The Hall–Kier alpha value is -3.06. The van der Waals surface area contributed by atoms with Gasteiger partial charge in [-0.25, -0.2) is 4.98 Å². The minimum Gasteiger partial charge on any atom is -0.507 e. The number of rotatable bonds is 3. The van der Waals surface area contributed by atoms with E-state index in [1.54, 1.807) is 48.5 Å². The molecule has 7 heteroatoms. The molecule has 0 saturated heterocycles. The van der Waals surface area contributed by atoms with Crippen LogP contribution in [0, 0.1) is 0 Å². The second kappa shape index (κ2) is 6.10. The normalized spacial score (nSPS) is 10.9. The fraction of sp³-hybridized carbons (Fsp3) is 0. The van der Waals surface area contributed by atoms with Crippen LogP contribution in [-0.4, -0.2) is 16.0 Å². The highest BCUT2D eigenvalue weighted by Gasteiger charge is 2.13. The number of aromatic nitrogens is 1. The van der Waals surface area contributed by atoms with Crippen LogP contribution in [0.3, 0.4) is 0 Å². The molecule has 2 N–H and O–H groups in total. The Morgan fingerprint density at radius 3 is 2.80 bits per heavy atom. The molecule has 0 aliphatic heterocycles. The molecule has 2 heterocycles. The lowest BCUT2D eigenvalue weighted by molar-refractivity contribution is 0.0996. The van der Waals surface area contributed by atoms with Crippen LogP contribution >= 0.6 is 15.9 Å². The Kier molecular flexibility index (Phi) is 3.77. The van der Waals surface area contributed by atoms with Crippen molar-refractivity contribution in [3.05, 3.63) is 65.0 Å². The van der Waals surface area contributed by atoms with Gasteiger partial charge in [-0.05, 0) is 64.5 Å². The van der Waals surface area contributed by atoms with Crippen LogP contribution in [0.25, 0.3) is 22.6 Å². The lowest BCUT2D eigenvalue weighted by Crippen LogP contribution is -2.10. The van der Waals surface area contributed by atoms with Gasteiger partial charge in [-0.3, -0.25) is 4.79 Å². The first-order valence-electron chi connectivity index (χ1n) is 7.34. The summed E-state index contributed by atoms with van der Waals surface area (Å²) in [6.45, 7) is 0. The maximum Gasteiger partial charge on any atom is 0.291 e. The third-order valence-electron chi connectivity index (χ3n) is 3.59. The first-order valence-corrected chi connectivity index (χ1v) is 8.14. The number of amides is 1. The summed E-state index contributed by atoms with van der Waals surface area (Å²) < 4.78 is 11.4. The lowest BCUT2D eigenvalue weighted by atomic mass is 10.2. The van der Waals surface area contributed by atoms with Crippen LogP contribution in [0.4, 0.5) is 5.69 Å². The van der Waals surface area contributed by atoms with Gasteiger partial charge in [-0.1, -0.05) is 0 Å². The van der Waals surface area contributed by atoms with Gasteiger partial charge in [0, 0.05) is 11.3 Å². The minimum atomic E-state index is -0.337. The molecule has 2 aromatic carbocycles. The number of aromatic hydroxyl groups is 1. The molecule has 4 rings (SSSR count). The molecular weight excluding hydrogens is 388 g/mol. The van der Waals surface area contributed by atoms with E-state index >= 15 is 0 Å². The van der Waals surface area contributed by atoms with E-state index in [0.29, 0.717) is 27.2 Å². The second-order valence-electron chi connectivity index (χ2n) is 5.30. The lowest BCUT2D eigenvalue weighted by Gasteiger charge is -2.01. The van der Waals surface area contributed by atoms with E-state index in [1.165, 1.54) is 6.26 Å². The number of furan rings is 1. The summed E-state index contributed by atoms with van der Waals surface area (Å²) in [5.41, 5.74) is 2.51. The van der Waals surface area contributed by atoms with E-state index in [0.717, 1.165) is 5.56 Å². The molecule has 0 aliphatic carbocycles. The average Bonchev–Trinajstić information content (AvgIpc) is 3.26. The van der Waals surface area contributed by atoms with Crippen LogP contribution in [0.5, 0.6) is 5.75 Å². The van der Waals surface area contributed by atoms with Crippen molar-refractivity contribution in [3.63, 3.8) is 0 Å². The summed E-state index contributed by atoms with van der Waals surface area (Å²) >= 11 is 3.27. The van der Waals surface area contributed by atoms with Crippen molar-refractivity contribution in [1.82, 2.24) is 4.98 Å². The number of fused-ring (bicyclic) bond motifs is 1. The van der Waals surface area contributed by atoms with Gasteiger partial charge < -0.3 is 19.3 Å². The molecule has 0 saturated carbocycles. The molecule has 124 valence electrons. The number of carbonyl (C=O) groups is 1. The first kappa shape index (κ1) is 15.5. The molecule has 0 atom stereocenters. The molecule has 2 aromatic heterocycles. The van der Waals surface area contributed by atoms with Gasteiger partial charge in [-0.2, -0.15) is 0 Å². The smallest absolute Gasteiger partial charge is 0.291 e. The van der Waals surface area contributed by atoms with E-state index < -0.39 is 0 Å². The molecule has 0 fully saturated rings. The number of oxazole rings is 1. The predicted molar refractivity (Wildman–Crippen MR) is 95.5 cm³/mol. The molecule has 1 amide bonds. The van der Waals surface area contributed by atoms with Gasteiger partial charge in [0.25, 0.3) is 5.91 Å². The average molecular weight is 399 g/mol. The molecule has 0 bridgehead atoms. The topological polar surface area (TPSA) is 88.5 Å². The fourth-order valence-electron chi connectivity index (χ4n) is 2.37. The zero-order chi connectivity index (χ0) is 17.4. The fourth-order valence-corrected chi connectivity index (χ4v) is 2.75. The standard InChI is InChI=1S/C18H11BrN2O4/c19-12-8-10(3-5-14(12)22)18-21-13-9-11(4-6-15(13)25-18)20-17(23)16-2-1-7-24-16/h1-9,22H,(H,20,23). The van der Waals surface area contributed by atoms with E-state index in [4.69, 9.17) is 8.83 Å². The van der Waals surface area contributed by atoms with Crippen LogP contribution in [0.2, 0.25) is 0 Å². The summed E-state index contributed by atoms with van der Waals surface area (Å²) in [5, 5.41) is 12.3. The van der Waals surface area contributed by atoms with Gasteiger partial charge in [0.05, 0.1) is 10.7 Å². The Morgan fingerprint density at radius 2 is 2.04 bits per heavy atom. The predicted octanol–water partition coefficient (Wildman–Crippen LogP) is 4.81. The Balaban J connectivity index is 1.65. The highest BCUT2D eigenvalue weighted by molar-refractivity contribution is 9.10. The maximum atomic E-state index is 12.0. The Bertz CT molecular complexity index is 1070. The van der Waals surface area contributed by atoms with Crippen LogP contribution < -0.4 is 5.32 Å². The number of carbonyl (C=O) groups excluding carboxylic acids is 1. The Labute approximate surface area is 150 Å². The highest BCUT2D eigenvalue weighted by Crippen LogP contribution is 2.31. The zero-order valence-corrected chi connectivity index (χ0v) is 14.3. The Morgan fingerprint density at radius 1 is 1.16 bits per heavy atom. The summed E-state index contributed by atoms with van der Waals surface area (Å²) in [7, 11) is 0. The second-order valence-corrected chi connectivity index (χ2v) is 6.15. The van der Waals surface area contributed by atoms with Gasteiger partial charge in [0.15, 0.2) is 11.3 Å².